The number of nitrogens with one attached hydrogen (secondary N) is 4. The van der Waals surface area contributed by atoms with Gasteiger partial charge < -0.3 is 48.7 Å². The standard InChI is InChI=1S/C26H39N7O9/c1-12(2)21(29)25(40)33-18(11-20(28)36)24(39)32-17(10-14-4-6-15(34)7-5-14)23(38)31-16(8-9-19(27)35)22(37)30-13(3)26(41)42/h4-7,12-13,16-18,21,34H,8-11,29H2,1-3H3,(H2,27,35)(H2,28,36)(H,30,37)(H,31,38)(H,32,39)(H,33,40)(H,41,42)/t13-,16-,17-,18-,21-/m0/s1. The molecule has 232 valence electrons. The minimum absolute atomic E-state index is 0.0646. The van der Waals surface area contributed by atoms with E-state index >= 15 is 0 Å². The first kappa shape index (κ1) is 35.3. The summed E-state index contributed by atoms with van der Waals surface area (Å²) in [5, 5.41) is 28.1. The van der Waals surface area contributed by atoms with Crippen LogP contribution in [0.25, 0.3) is 0 Å². The van der Waals surface area contributed by atoms with E-state index in [9.17, 15) is 38.7 Å². The van der Waals surface area contributed by atoms with Gasteiger partial charge in [-0.05, 0) is 37.0 Å². The van der Waals surface area contributed by atoms with Crippen molar-refractivity contribution < 1.29 is 43.8 Å². The number of carbonyl (C=O) groups excluding carboxylic acids is 6. The zero-order valence-corrected chi connectivity index (χ0v) is 23.6. The molecule has 0 spiro atoms. The van der Waals surface area contributed by atoms with Gasteiger partial charge in [-0.1, -0.05) is 26.0 Å². The van der Waals surface area contributed by atoms with Gasteiger partial charge in [0.2, 0.25) is 35.4 Å². The van der Waals surface area contributed by atoms with Crippen molar-refractivity contribution in [2.24, 2.45) is 23.1 Å². The topological polar surface area (TPSA) is 286 Å². The van der Waals surface area contributed by atoms with Gasteiger partial charge in [-0.3, -0.25) is 33.6 Å². The zero-order valence-electron chi connectivity index (χ0n) is 23.6. The van der Waals surface area contributed by atoms with Gasteiger partial charge >= 0.3 is 5.97 Å². The third kappa shape index (κ3) is 12.2. The van der Waals surface area contributed by atoms with E-state index in [2.05, 4.69) is 21.3 Å². The molecule has 0 aliphatic rings. The van der Waals surface area contributed by atoms with Gasteiger partial charge in [-0.2, -0.15) is 0 Å². The van der Waals surface area contributed by atoms with Crippen molar-refractivity contribution in [3.63, 3.8) is 0 Å². The highest BCUT2D eigenvalue weighted by atomic mass is 16.4. The van der Waals surface area contributed by atoms with E-state index in [1.54, 1.807) is 13.8 Å². The van der Waals surface area contributed by atoms with Crippen LogP contribution in [-0.2, 0) is 40.0 Å². The highest BCUT2D eigenvalue weighted by Gasteiger charge is 2.32. The monoisotopic (exact) mass is 593 g/mol. The normalized spacial score (nSPS) is 14.4. The van der Waals surface area contributed by atoms with Crippen molar-refractivity contribution in [2.75, 3.05) is 0 Å². The van der Waals surface area contributed by atoms with Gasteiger partial charge in [0, 0.05) is 12.8 Å². The number of phenolic OH excluding ortho intramolecular Hbond substituents is 1. The lowest BCUT2D eigenvalue weighted by molar-refractivity contribution is -0.142. The highest BCUT2D eigenvalue weighted by molar-refractivity contribution is 5.97. The summed E-state index contributed by atoms with van der Waals surface area (Å²) in [6.07, 6.45) is -1.42. The summed E-state index contributed by atoms with van der Waals surface area (Å²) in [5.74, 6) is -6.97. The largest absolute Gasteiger partial charge is 0.508 e. The fraction of sp³-hybridized carbons (Fsp3) is 0.500. The molecule has 0 bridgehead atoms. The molecule has 1 aromatic carbocycles. The Morgan fingerprint density at radius 2 is 1.24 bits per heavy atom. The third-order valence-electron chi connectivity index (χ3n) is 6.11. The second-order valence-corrected chi connectivity index (χ2v) is 10.1. The molecule has 16 nitrogen and oxygen atoms in total. The first-order valence-electron chi connectivity index (χ1n) is 13.1. The lowest BCUT2D eigenvalue weighted by Gasteiger charge is -2.26. The molecule has 1 rings (SSSR count). The van der Waals surface area contributed by atoms with E-state index in [0.717, 1.165) is 0 Å². The van der Waals surface area contributed by atoms with Crippen LogP contribution in [0.3, 0.4) is 0 Å². The Hall–Kier alpha value is -4.73. The Balaban J connectivity index is 3.31. The van der Waals surface area contributed by atoms with E-state index in [1.807, 2.05) is 0 Å². The van der Waals surface area contributed by atoms with Crippen LogP contribution in [0.4, 0.5) is 0 Å². The number of benzene rings is 1. The van der Waals surface area contributed by atoms with Crippen LogP contribution < -0.4 is 38.5 Å². The Morgan fingerprint density at radius 3 is 1.74 bits per heavy atom. The molecule has 5 atom stereocenters. The molecule has 0 radical (unpaired) electrons. The molecule has 16 heteroatoms. The fourth-order valence-corrected chi connectivity index (χ4v) is 3.53. The molecular weight excluding hydrogens is 554 g/mol. The van der Waals surface area contributed by atoms with Crippen LogP contribution >= 0.6 is 0 Å². The number of primary amides is 2. The number of hydrogen-bond acceptors (Lipinski definition) is 9. The minimum Gasteiger partial charge on any atom is -0.508 e. The molecule has 0 aromatic heterocycles. The number of amides is 6. The average molecular weight is 594 g/mol. The van der Waals surface area contributed by atoms with Crippen LogP contribution in [0.5, 0.6) is 5.75 Å². The van der Waals surface area contributed by atoms with Gasteiger partial charge in [0.05, 0.1) is 12.5 Å². The summed E-state index contributed by atoms with van der Waals surface area (Å²) < 4.78 is 0. The zero-order chi connectivity index (χ0) is 32.1. The quantitative estimate of drug-likeness (QED) is 0.0888. The van der Waals surface area contributed by atoms with E-state index in [1.165, 1.54) is 31.2 Å². The molecule has 42 heavy (non-hydrogen) atoms. The van der Waals surface area contributed by atoms with Gasteiger partial charge in [-0.15, -0.1) is 0 Å². The van der Waals surface area contributed by atoms with Gasteiger partial charge in [0.15, 0.2) is 0 Å². The first-order valence-corrected chi connectivity index (χ1v) is 13.1. The van der Waals surface area contributed by atoms with E-state index in [4.69, 9.17) is 22.3 Å². The Labute approximate surface area is 242 Å². The minimum atomic E-state index is -1.50. The molecule has 0 heterocycles. The summed E-state index contributed by atoms with van der Waals surface area (Å²) in [7, 11) is 0. The van der Waals surface area contributed by atoms with Crippen molar-refractivity contribution in [2.45, 2.75) is 76.7 Å². The fourth-order valence-electron chi connectivity index (χ4n) is 3.53. The van der Waals surface area contributed by atoms with Crippen molar-refractivity contribution in [3.05, 3.63) is 29.8 Å². The summed E-state index contributed by atoms with van der Waals surface area (Å²) in [6.45, 7) is 4.54. The maximum atomic E-state index is 13.4. The number of aliphatic carboxylic acids is 1. The van der Waals surface area contributed by atoms with Gasteiger partial charge in [-0.25, -0.2) is 0 Å². The Kier molecular flexibility index (Phi) is 13.9. The molecule has 6 amide bonds. The van der Waals surface area contributed by atoms with Crippen molar-refractivity contribution in [1.82, 2.24) is 21.3 Å². The van der Waals surface area contributed by atoms with E-state index in [-0.39, 0.29) is 30.9 Å². The smallest absolute Gasteiger partial charge is 0.325 e. The van der Waals surface area contributed by atoms with Crippen molar-refractivity contribution in [3.8, 4) is 5.75 Å². The number of carboxylic acid groups (broad SMARTS) is 1. The average Bonchev–Trinajstić information content (AvgIpc) is 2.89. The third-order valence-corrected chi connectivity index (χ3v) is 6.11. The molecule has 0 saturated carbocycles. The number of nitrogens with two attached hydrogens (primary N) is 3. The SMILES string of the molecule is CC(C)[C@H](N)C(=O)N[C@@H](CC(N)=O)C(=O)N[C@@H](Cc1ccc(O)cc1)C(=O)N[C@@H](CCC(N)=O)C(=O)N[C@@H](C)C(=O)O. The van der Waals surface area contributed by atoms with Crippen LogP contribution in [0.15, 0.2) is 24.3 Å². The molecule has 0 fully saturated rings. The second kappa shape index (κ2) is 16.5. The molecule has 0 aliphatic carbocycles. The summed E-state index contributed by atoms with van der Waals surface area (Å²) >= 11 is 0. The number of rotatable bonds is 17. The lowest BCUT2D eigenvalue weighted by atomic mass is 10.0. The number of aromatic hydroxyl groups is 1. The number of carboxylic acids is 1. The Bertz CT molecular complexity index is 1160. The van der Waals surface area contributed by atoms with E-state index < -0.39 is 78.0 Å². The van der Waals surface area contributed by atoms with Crippen molar-refractivity contribution >= 4 is 41.4 Å². The maximum Gasteiger partial charge on any atom is 0.325 e. The molecule has 0 unspecified atom stereocenters. The van der Waals surface area contributed by atoms with Crippen LogP contribution in [0, 0.1) is 5.92 Å². The molecule has 1 aromatic rings. The first-order chi connectivity index (χ1) is 19.5. The maximum absolute atomic E-state index is 13.4. The van der Waals surface area contributed by atoms with Gasteiger partial charge in [0.1, 0.15) is 29.9 Å². The summed E-state index contributed by atoms with van der Waals surface area (Å²) in [4.78, 5) is 86.1. The number of carbonyl (C=O) groups is 7. The summed E-state index contributed by atoms with van der Waals surface area (Å²) in [5.41, 5.74) is 16.7. The predicted molar refractivity (Wildman–Crippen MR) is 148 cm³/mol. The van der Waals surface area contributed by atoms with E-state index in [0.29, 0.717) is 5.56 Å². The van der Waals surface area contributed by atoms with Crippen molar-refractivity contribution in [1.29, 1.82) is 0 Å². The lowest BCUT2D eigenvalue weighted by Crippen LogP contribution is -2.59. The number of hydrogen-bond donors (Lipinski definition) is 9. The van der Waals surface area contributed by atoms with Gasteiger partial charge in [0.25, 0.3) is 0 Å². The van der Waals surface area contributed by atoms with Crippen LogP contribution in [-0.4, -0.2) is 81.8 Å². The van der Waals surface area contributed by atoms with Crippen LogP contribution in [0.2, 0.25) is 0 Å². The Morgan fingerprint density at radius 1 is 0.738 bits per heavy atom. The molecule has 12 N–H and O–H groups in total. The second-order valence-electron chi connectivity index (χ2n) is 10.1. The molecule has 0 aliphatic heterocycles. The number of phenols is 1. The molecule has 0 saturated heterocycles. The predicted octanol–water partition coefficient (Wildman–Crippen LogP) is -2.90. The van der Waals surface area contributed by atoms with Crippen LogP contribution in [0.1, 0.15) is 45.6 Å². The highest BCUT2D eigenvalue weighted by Crippen LogP contribution is 2.12. The molecular formula is C26H39N7O9. The summed E-state index contributed by atoms with van der Waals surface area (Å²) in [6, 6.07) is -1.06.